The summed E-state index contributed by atoms with van der Waals surface area (Å²) in [5.74, 6) is -0.850. The van der Waals surface area contributed by atoms with E-state index in [-0.39, 0.29) is 13.2 Å². The third-order valence-electron chi connectivity index (χ3n) is 12.9. The van der Waals surface area contributed by atoms with E-state index < -0.39 is 34.5 Å². The van der Waals surface area contributed by atoms with Gasteiger partial charge in [-0.05, 0) is 39.5 Å². The van der Waals surface area contributed by atoms with E-state index in [0.29, 0.717) is 24.0 Å². The van der Waals surface area contributed by atoms with Gasteiger partial charge in [-0.15, -0.1) is 0 Å². The predicted molar refractivity (Wildman–Crippen MR) is 286 cm³/mol. The van der Waals surface area contributed by atoms with E-state index in [1.54, 1.807) is 13.8 Å². The Morgan fingerprint density at radius 2 is 0.623 bits per heavy atom. The first-order valence-corrected chi connectivity index (χ1v) is 29.2. The number of hydrogen-bond donors (Lipinski definition) is 2. The smallest absolute Gasteiger partial charge is 0.333 e. The molecule has 0 saturated heterocycles. The summed E-state index contributed by atoms with van der Waals surface area (Å²) in [6, 6.07) is 0. The fraction of sp³-hybridized carbons (Fsp3) is 0.893. The molecule has 0 aliphatic heterocycles. The summed E-state index contributed by atoms with van der Waals surface area (Å²) < 4.78 is 46.0. The highest BCUT2D eigenvalue weighted by Gasteiger charge is 2.19. The normalized spacial score (nSPS) is 12.6. The molecule has 0 aliphatic rings. The van der Waals surface area contributed by atoms with E-state index in [0.717, 1.165) is 35.1 Å². The molecule has 0 aromatic rings. The number of carbonyl (C=O) groups is 2. The van der Waals surface area contributed by atoms with Crippen LogP contribution in [0.1, 0.15) is 246 Å². The first-order valence-electron chi connectivity index (χ1n) is 27.9. The third kappa shape index (κ3) is 62.2. The van der Waals surface area contributed by atoms with Gasteiger partial charge in [-0.25, -0.2) is 9.59 Å². The Kier molecular flexibility index (Phi) is 50.1. The van der Waals surface area contributed by atoms with Crippen LogP contribution in [0.5, 0.6) is 0 Å². The fourth-order valence-corrected chi connectivity index (χ4v) is 8.15. The van der Waals surface area contributed by atoms with Gasteiger partial charge < -0.3 is 37.8 Å². The van der Waals surface area contributed by atoms with Crippen molar-refractivity contribution < 1.29 is 55.8 Å². The molecule has 13 heteroatoms. The van der Waals surface area contributed by atoms with Gasteiger partial charge in [0.15, 0.2) is 0 Å². The topological polar surface area (TPSA) is 173 Å². The first kappa shape index (κ1) is 71.4. The van der Waals surface area contributed by atoms with Gasteiger partial charge in [0.05, 0.1) is 66.6 Å². The number of unbranched alkanes of at least 4 members (excludes halogenated alkanes) is 30. The van der Waals surface area contributed by atoms with Crippen LogP contribution in [0.4, 0.5) is 0 Å². The van der Waals surface area contributed by atoms with Gasteiger partial charge in [0.1, 0.15) is 13.2 Å². The van der Waals surface area contributed by atoms with Crippen LogP contribution in [-0.4, -0.2) is 128 Å². The van der Waals surface area contributed by atoms with Crippen LogP contribution in [0.15, 0.2) is 24.3 Å². The Morgan fingerprint density at radius 3 is 0.812 bits per heavy atom. The second-order valence-electron chi connectivity index (χ2n) is 21.4. The molecule has 0 fully saturated rings. The maximum atomic E-state index is 11.4. The third-order valence-corrected chi connectivity index (χ3v) is 12.9. The molecule has 69 heavy (non-hydrogen) atoms. The Balaban J connectivity index is -0.00000115. The molecule has 0 rings (SSSR count). The van der Waals surface area contributed by atoms with Crippen LogP contribution >= 0.6 is 0 Å². The van der Waals surface area contributed by atoms with Crippen molar-refractivity contribution in [1.29, 1.82) is 0 Å². The molecule has 0 heterocycles. The Hall–Kier alpha value is -1.87. The molecule has 2 unspecified atom stereocenters. The van der Waals surface area contributed by atoms with Crippen molar-refractivity contribution in [3.05, 3.63) is 24.3 Å². The second kappa shape index (κ2) is 48.4. The highest BCUT2D eigenvalue weighted by Crippen LogP contribution is 2.17. The number of aliphatic hydroxyl groups excluding tert-OH is 2. The van der Waals surface area contributed by atoms with Crippen molar-refractivity contribution >= 4 is 22.3 Å². The number of hydrogen-bond acceptors (Lipinski definition) is 10. The van der Waals surface area contributed by atoms with Crippen molar-refractivity contribution in [2.45, 2.75) is 258 Å². The van der Waals surface area contributed by atoms with Gasteiger partial charge in [-0.2, -0.15) is 0 Å². The molecule has 0 aromatic carbocycles. The molecule has 0 amide bonds. The Morgan fingerprint density at radius 1 is 0.435 bits per heavy atom. The van der Waals surface area contributed by atoms with Crippen molar-refractivity contribution in [2.24, 2.45) is 0 Å². The monoisotopic (exact) mass is 1000 g/mol. The van der Waals surface area contributed by atoms with Gasteiger partial charge >= 0.3 is 11.9 Å². The predicted octanol–water partition coefficient (Wildman–Crippen LogP) is 13.1. The van der Waals surface area contributed by atoms with Crippen LogP contribution in [0.3, 0.4) is 0 Å². The lowest BCUT2D eigenvalue weighted by Gasteiger charge is -2.30. The average Bonchev–Trinajstić information content (AvgIpc) is 3.27. The second-order valence-corrected chi connectivity index (χ2v) is 22.2. The van der Waals surface area contributed by atoms with Crippen molar-refractivity contribution in [3.63, 3.8) is 0 Å². The lowest BCUT2D eigenvalue weighted by Crippen LogP contribution is -2.42. The summed E-state index contributed by atoms with van der Waals surface area (Å²) in [6.07, 6.45) is 44.7. The highest BCUT2D eigenvalue weighted by molar-refractivity contribution is 7.79. The molecule has 0 aromatic heterocycles. The minimum Gasteiger partial charge on any atom is -0.759 e. The fourth-order valence-electron chi connectivity index (χ4n) is 8.15. The summed E-state index contributed by atoms with van der Waals surface area (Å²) in [5, 5.41) is 20.1. The Bertz CT molecular complexity index is 1230. The van der Waals surface area contributed by atoms with E-state index in [1.165, 1.54) is 205 Å². The standard InChI is InChI=1S/2C28H56NO3.H2O4S/c2*1-6-7-8-9-10-11-12-13-14-15-16-17-18-19-20-21-23-29(4,5)24-22-27(30)25-32-28(31)26(2)3;1-5(2,3)4/h2*27,30H,2,6-25H2,1,3-5H3;(H2,1,2,3,4)/q2*+1;/p-2. The summed E-state index contributed by atoms with van der Waals surface area (Å²) in [4.78, 5) is 22.8. The molecule has 12 nitrogen and oxygen atoms in total. The van der Waals surface area contributed by atoms with Crippen LogP contribution in [0, 0.1) is 0 Å². The number of ether oxygens (including phenoxy) is 2. The molecular weight excluding hydrogens is 893 g/mol. The molecule has 2 atom stereocenters. The SMILES string of the molecule is C=C(C)C(=O)OCC(O)CC[N+](C)(C)CCCCCCCCCCCCCCCCCC.C=C(C)C(=O)OCC(O)CC[N+](C)(C)CCCCCCCCCCCCCCCCCC.O=S(=O)([O-])[O-]. The van der Waals surface area contributed by atoms with Crippen LogP contribution < -0.4 is 0 Å². The lowest BCUT2D eigenvalue weighted by molar-refractivity contribution is -0.891. The zero-order valence-electron chi connectivity index (χ0n) is 46.3. The van der Waals surface area contributed by atoms with Crippen LogP contribution in [0.25, 0.3) is 0 Å². The van der Waals surface area contributed by atoms with Gasteiger partial charge in [0, 0.05) is 34.4 Å². The van der Waals surface area contributed by atoms with Crippen molar-refractivity contribution in [1.82, 2.24) is 0 Å². The molecule has 0 spiro atoms. The number of nitrogens with zero attached hydrogens (tertiary/aromatic N) is 2. The molecule has 2 N–H and O–H groups in total. The van der Waals surface area contributed by atoms with E-state index >= 15 is 0 Å². The summed E-state index contributed by atoms with van der Waals surface area (Å²) in [7, 11) is 3.71. The molecule has 412 valence electrons. The minimum absolute atomic E-state index is 0.0603. The summed E-state index contributed by atoms with van der Waals surface area (Å²) >= 11 is 0. The first-order chi connectivity index (χ1) is 32.6. The number of carbonyl (C=O) groups excluding carboxylic acids is 2. The van der Waals surface area contributed by atoms with Crippen LogP contribution in [-0.2, 0) is 29.5 Å². The van der Waals surface area contributed by atoms with E-state index in [4.69, 9.17) is 27.0 Å². The van der Waals surface area contributed by atoms with Gasteiger partial charge in [0.2, 0.25) is 0 Å². The van der Waals surface area contributed by atoms with Crippen LogP contribution in [0.2, 0.25) is 0 Å². The molecule has 0 radical (unpaired) electrons. The van der Waals surface area contributed by atoms with Gasteiger partial charge in [-0.1, -0.05) is 207 Å². The maximum Gasteiger partial charge on any atom is 0.333 e. The van der Waals surface area contributed by atoms with Crippen molar-refractivity contribution in [3.8, 4) is 0 Å². The quantitative estimate of drug-likeness (QED) is 0.0149. The minimum atomic E-state index is -5.17. The van der Waals surface area contributed by atoms with E-state index in [1.807, 2.05) is 0 Å². The zero-order valence-corrected chi connectivity index (χ0v) is 47.1. The molecule has 0 saturated carbocycles. The number of esters is 2. The largest absolute Gasteiger partial charge is 0.759 e. The van der Waals surface area contributed by atoms with E-state index in [9.17, 15) is 19.8 Å². The number of rotatable bonds is 46. The summed E-state index contributed by atoms with van der Waals surface area (Å²) in [6.45, 7) is 19.1. The zero-order chi connectivity index (χ0) is 52.7. The molecule has 0 aliphatic carbocycles. The number of aliphatic hydroxyl groups is 2. The summed E-state index contributed by atoms with van der Waals surface area (Å²) in [5.41, 5.74) is 0.744. The lowest BCUT2D eigenvalue weighted by atomic mass is 10.0. The van der Waals surface area contributed by atoms with Gasteiger partial charge in [0.25, 0.3) is 0 Å². The van der Waals surface area contributed by atoms with Crippen molar-refractivity contribution in [2.75, 3.05) is 67.6 Å². The Labute approximate surface area is 426 Å². The van der Waals surface area contributed by atoms with Gasteiger partial charge in [-0.3, -0.25) is 8.42 Å². The number of quaternary nitrogens is 2. The maximum absolute atomic E-state index is 11.4. The average molecular weight is 1010 g/mol. The van der Waals surface area contributed by atoms with E-state index in [2.05, 4.69) is 55.2 Å². The molecular formula is C56H112N2O10S. The molecule has 0 bridgehead atoms. The highest BCUT2D eigenvalue weighted by atomic mass is 32.3.